The van der Waals surface area contributed by atoms with Gasteiger partial charge in [0, 0.05) is 13.1 Å². The Balaban J connectivity index is 2.01. The number of hydrogen-bond acceptors (Lipinski definition) is 3. The van der Waals surface area contributed by atoms with Crippen LogP contribution in [0.3, 0.4) is 0 Å². The number of carbonyl (C=O) groups is 1. The third-order valence-corrected chi connectivity index (χ3v) is 3.44. The minimum Gasteiger partial charge on any atom is -0.337 e. The summed E-state index contributed by atoms with van der Waals surface area (Å²) in [6.07, 6.45) is 1.97. The van der Waals surface area contributed by atoms with Crippen molar-refractivity contribution in [3.63, 3.8) is 0 Å². The standard InChI is InChI=1S/C15H19N3O/c1-2-17-14-4-3-9-18(15(14)19)11-13-7-5-12(10-16)6-8-13/h5-8,14,17H,2-4,9,11H2,1H3. The molecule has 19 heavy (non-hydrogen) atoms. The number of nitrogens with one attached hydrogen (secondary N) is 1. The van der Waals surface area contributed by atoms with Crippen LogP contribution in [0.2, 0.25) is 0 Å². The summed E-state index contributed by atoms with van der Waals surface area (Å²) < 4.78 is 0. The molecule has 1 aliphatic heterocycles. The minimum atomic E-state index is -0.0304. The first-order valence-corrected chi connectivity index (χ1v) is 6.75. The van der Waals surface area contributed by atoms with Crippen molar-refractivity contribution in [2.45, 2.75) is 32.4 Å². The third kappa shape index (κ3) is 3.33. The van der Waals surface area contributed by atoms with Crippen molar-refractivity contribution in [2.24, 2.45) is 0 Å². The number of hydrogen-bond donors (Lipinski definition) is 1. The molecule has 0 bridgehead atoms. The summed E-state index contributed by atoms with van der Waals surface area (Å²) in [6.45, 7) is 4.29. The highest BCUT2D eigenvalue weighted by molar-refractivity contribution is 5.82. The highest BCUT2D eigenvalue weighted by Crippen LogP contribution is 2.15. The van der Waals surface area contributed by atoms with E-state index in [1.807, 2.05) is 24.0 Å². The van der Waals surface area contributed by atoms with E-state index >= 15 is 0 Å². The van der Waals surface area contributed by atoms with Crippen LogP contribution < -0.4 is 5.32 Å². The lowest BCUT2D eigenvalue weighted by Crippen LogP contribution is -2.50. The second-order valence-electron chi connectivity index (χ2n) is 4.82. The second-order valence-corrected chi connectivity index (χ2v) is 4.82. The summed E-state index contributed by atoms with van der Waals surface area (Å²) in [4.78, 5) is 14.2. The van der Waals surface area contributed by atoms with Crippen molar-refractivity contribution in [1.82, 2.24) is 10.2 Å². The Kier molecular flexibility index (Phi) is 4.53. The molecule has 1 unspecified atom stereocenters. The molecule has 1 heterocycles. The lowest BCUT2D eigenvalue weighted by atomic mass is 10.0. The number of likely N-dealkylation sites (tertiary alicyclic amines) is 1. The van der Waals surface area contributed by atoms with Gasteiger partial charge in [-0.1, -0.05) is 19.1 Å². The van der Waals surface area contributed by atoms with Crippen LogP contribution in [0.25, 0.3) is 0 Å². The molecule has 0 aromatic heterocycles. The predicted molar refractivity (Wildman–Crippen MR) is 73.3 cm³/mol. The third-order valence-electron chi connectivity index (χ3n) is 3.44. The molecule has 1 N–H and O–H groups in total. The minimum absolute atomic E-state index is 0.0304. The molecule has 4 heteroatoms. The molecule has 1 amide bonds. The molecule has 0 saturated carbocycles. The maximum Gasteiger partial charge on any atom is 0.240 e. The average Bonchev–Trinajstić information content (AvgIpc) is 2.44. The number of amides is 1. The van der Waals surface area contributed by atoms with Crippen LogP contribution in [0, 0.1) is 11.3 Å². The van der Waals surface area contributed by atoms with Crippen LogP contribution in [-0.2, 0) is 11.3 Å². The van der Waals surface area contributed by atoms with Crippen molar-refractivity contribution < 1.29 is 4.79 Å². The first-order chi connectivity index (χ1) is 9.24. The van der Waals surface area contributed by atoms with Crippen LogP contribution in [0.1, 0.15) is 30.9 Å². The fraction of sp³-hybridized carbons (Fsp3) is 0.467. The fourth-order valence-electron chi connectivity index (χ4n) is 2.44. The van der Waals surface area contributed by atoms with Gasteiger partial charge in [-0.05, 0) is 37.1 Å². The number of likely N-dealkylation sites (N-methyl/N-ethyl adjacent to an activating group) is 1. The van der Waals surface area contributed by atoms with Crippen molar-refractivity contribution in [2.75, 3.05) is 13.1 Å². The van der Waals surface area contributed by atoms with E-state index in [0.29, 0.717) is 12.1 Å². The molecule has 1 fully saturated rings. The zero-order valence-corrected chi connectivity index (χ0v) is 11.2. The van der Waals surface area contributed by atoms with Crippen molar-refractivity contribution in [3.05, 3.63) is 35.4 Å². The molecule has 0 aliphatic carbocycles. The first-order valence-electron chi connectivity index (χ1n) is 6.75. The average molecular weight is 257 g/mol. The molecular weight excluding hydrogens is 238 g/mol. The maximum atomic E-state index is 12.3. The van der Waals surface area contributed by atoms with E-state index in [0.717, 1.165) is 31.5 Å². The van der Waals surface area contributed by atoms with Gasteiger partial charge in [0.1, 0.15) is 0 Å². The molecule has 1 aromatic rings. The number of nitrogens with zero attached hydrogens (tertiary/aromatic N) is 2. The zero-order valence-electron chi connectivity index (χ0n) is 11.2. The highest BCUT2D eigenvalue weighted by atomic mass is 16.2. The van der Waals surface area contributed by atoms with Crippen molar-refractivity contribution in [1.29, 1.82) is 5.26 Å². The van der Waals surface area contributed by atoms with E-state index in [-0.39, 0.29) is 11.9 Å². The Morgan fingerprint density at radius 2 is 2.16 bits per heavy atom. The van der Waals surface area contributed by atoms with E-state index in [1.54, 1.807) is 12.1 Å². The topological polar surface area (TPSA) is 56.1 Å². The number of nitriles is 1. The van der Waals surface area contributed by atoms with Gasteiger partial charge in [-0.3, -0.25) is 4.79 Å². The van der Waals surface area contributed by atoms with E-state index in [2.05, 4.69) is 11.4 Å². The van der Waals surface area contributed by atoms with Gasteiger partial charge >= 0.3 is 0 Å². The van der Waals surface area contributed by atoms with Gasteiger partial charge in [-0.25, -0.2) is 0 Å². The molecule has 2 rings (SSSR count). The summed E-state index contributed by atoms with van der Waals surface area (Å²) >= 11 is 0. The van der Waals surface area contributed by atoms with Gasteiger partial charge < -0.3 is 10.2 Å². The summed E-state index contributed by atoms with van der Waals surface area (Å²) in [5.41, 5.74) is 1.73. The second kappa shape index (κ2) is 6.35. The number of rotatable bonds is 4. The summed E-state index contributed by atoms with van der Waals surface area (Å²) in [6, 6.07) is 9.50. The van der Waals surface area contributed by atoms with Gasteiger partial charge in [-0.15, -0.1) is 0 Å². The normalized spacial score (nSPS) is 19.3. The van der Waals surface area contributed by atoms with Crippen molar-refractivity contribution >= 4 is 5.91 Å². The van der Waals surface area contributed by atoms with E-state index < -0.39 is 0 Å². The Morgan fingerprint density at radius 3 is 2.79 bits per heavy atom. The van der Waals surface area contributed by atoms with Crippen LogP contribution >= 0.6 is 0 Å². The highest BCUT2D eigenvalue weighted by Gasteiger charge is 2.27. The largest absolute Gasteiger partial charge is 0.337 e. The first kappa shape index (κ1) is 13.6. The quantitative estimate of drug-likeness (QED) is 0.892. The van der Waals surface area contributed by atoms with Gasteiger partial charge in [0.15, 0.2) is 0 Å². The molecule has 1 atom stereocenters. The van der Waals surface area contributed by atoms with Crippen LogP contribution in [-0.4, -0.2) is 29.9 Å². The van der Waals surface area contributed by atoms with E-state index in [1.165, 1.54) is 0 Å². The van der Waals surface area contributed by atoms with Gasteiger partial charge in [0.2, 0.25) is 5.91 Å². The van der Waals surface area contributed by atoms with E-state index in [4.69, 9.17) is 5.26 Å². The SMILES string of the molecule is CCNC1CCCN(Cc2ccc(C#N)cc2)C1=O. The molecule has 0 spiro atoms. The molecule has 0 radical (unpaired) electrons. The summed E-state index contributed by atoms with van der Waals surface area (Å²) in [5, 5.41) is 12.0. The number of piperidine rings is 1. The van der Waals surface area contributed by atoms with E-state index in [9.17, 15) is 4.79 Å². The predicted octanol–water partition coefficient (Wildman–Crippen LogP) is 1.66. The molecule has 100 valence electrons. The zero-order chi connectivity index (χ0) is 13.7. The summed E-state index contributed by atoms with van der Waals surface area (Å²) in [7, 11) is 0. The monoisotopic (exact) mass is 257 g/mol. The fourth-order valence-corrected chi connectivity index (χ4v) is 2.44. The molecule has 1 aliphatic rings. The Labute approximate surface area is 114 Å². The Hall–Kier alpha value is -1.86. The van der Waals surface area contributed by atoms with Gasteiger partial charge in [0.05, 0.1) is 17.7 Å². The maximum absolute atomic E-state index is 12.3. The van der Waals surface area contributed by atoms with Gasteiger partial charge in [-0.2, -0.15) is 5.26 Å². The molecular formula is C15H19N3O. The number of benzene rings is 1. The Bertz CT molecular complexity index is 473. The lowest BCUT2D eigenvalue weighted by Gasteiger charge is -2.32. The van der Waals surface area contributed by atoms with Crippen LogP contribution in [0.15, 0.2) is 24.3 Å². The lowest BCUT2D eigenvalue weighted by molar-refractivity contribution is -0.136. The van der Waals surface area contributed by atoms with Crippen molar-refractivity contribution in [3.8, 4) is 6.07 Å². The number of carbonyl (C=O) groups excluding carboxylic acids is 1. The molecule has 4 nitrogen and oxygen atoms in total. The Morgan fingerprint density at radius 1 is 1.42 bits per heavy atom. The molecule has 1 aromatic carbocycles. The smallest absolute Gasteiger partial charge is 0.240 e. The summed E-state index contributed by atoms with van der Waals surface area (Å²) in [5.74, 6) is 0.192. The van der Waals surface area contributed by atoms with Crippen LogP contribution in [0.5, 0.6) is 0 Å². The van der Waals surface area contributed by atoms with Gasteiger partial charge in [0.25, 0.3) is 0 Å². The molecule has 1 saturated heterocycles. The van der Waals surface area contributed by atoms with Crippen LogP contribution in [0.4, 0.5) is 0 Å².